The Morgan fingerprint density at radius 1 is 1.18 bits per heavy atom. The lowest BCUT2D eigenvalue weighted by Crippen LogP contribution is -2.37. The van der Waals surface area contributed by atoms with Crippen molar-refractivity contribution in [3.63, 3.8) is 0 Å². The van der Waals surface area contributed by atoms with Gasteiger partial charge in [0.25, 0.3) is 0 Å². The number of rotatable bonds is 4. The lowest BCUT2D eigenvalue weighted by molar-refractivity contribution is -0.134. The van der Waals surface area contributed by atoms with Gasteiger partial charge in [0.1, 0.15) is 5.60 Å². The monoisotopic (exact) mass is 311 g/mol. The number of nitrogens with zero attached hydrogens (tertiary/aromatic N) is 1. The SMILES string of the molecule is COC(=O)C=CC1CCC(CN(C)C(=O)OC(C)(C)C)CC1. The molecule has 0 unspecified atom stereocenters. The fourth-order valence-corrected chi connectivity index (χ4v) is 2.65. The standard InChI is InChI=1S/C17H29NO4/c1-17(2,3)22-16(20)18(4)12-14-8-6-13(7-9-14)10-11-15(19)21-5/h10-11,13-14H,6-9,12H2,1-5H3. The zero-order valence-corrected chi connectivity index (χ0v) is 14.4. The van der Waals surface area contributed by atoms with Crippen molar-refractivity contribution in [2.45, 2.75) is 52.1 Å². The van der Waals surface area contributed by atoms with Crippen LogP contribution in [0.15, 0.2) is 12.2 Å². The summed E-state index contributed by atoms with van der Waals surface area (Å²) in [5, 5.41) is 0. The highest BCUT2D eigenvalue weighted by Crippen LogP contribution is 2.30. The Kier molecular flexibility index (Phi) is 6.91. The summed E-state index contributed by atoms with van der Waals surface area (Å²) in [7, 11) is 3.17. The van der Waals surface area contributed by atoms with Gasteiger partial charge in [0, 0.05) is 19.7 Å². The molecule has 0 bridgehead atoms. The minimum Gasteiger partial charge on any atom is -0.466 e. The first-order valence-electron chi connectivity index (χ1n) is 7.91. The van der Waals surface area contributed by atoms with E-state index in [4.69, 9.17) is 4.74 Å². The summed E-state index contributed by atoms with van der Waals surface area (Å²) in [5.74, 6) is 0.634. The van der Waals surface area contributed by atoms with Gasteiger partial charge in [-0.1, -0.05) is 6.08 Å². The molecule has 1 saturated carbocycles. The highest BCUT2D eigenvalue weighted by molar-refractivity contribution is 5.81. The van der Waals surface area contributed by atoms with Crippen LogP contribution in [0.25, 0.3) is 0 Å². The fourth-order valence-electron chi connectivity index (χ4n) is 2.65. The lowest BCUT2D eigenvalue weighted by atomic mass is 9.81. The first-order valence-corrected chi connectivity index (χ1v) is 7.91. The van der Waals surface area contributed by atoms with Crippen LogP contribution in [-0.2, 0) is 14.3 Å². The number of esters is 1. The molecule has 126 valence electrons. The first-order chi connectivity index (χ1) is 10.2. The molecular formula is C17H29NO4. The molecule has 0 radical (unpaired) electrons. The number of allylic oxidation sites excluding steroid dienone is 1. The molecule has 0 aromatic heterocycles. The van der Waals surface area contributed by atoms with Gasteiger partial charge in [0.15, 0.2) is 0 Å². The Balaban J connectivity index is 2.35. The first kappa shape index (κ1) is 18.5. The normalized spacial score (nSPS) is 22.4. The largest absolute Gasteiger partial charge is 0.466 e. The molecule has 5 heteroatoms. The molecule has 1 aliphatic rings. The van der Waals surface area contributed by atoms with Crippen molar-refractivity contribution in [3.8, 4) is 0 Å². The highest BCUT2D eigenvalue weighted by atomic mass is 16.6. The maximum absolute atomic E-state index is 11.9. The maximum atomic E-state index is 11.9. The van der Waals surface area contributed by atoms with Gasteiger partial charge in [-0.15, -0.1) is 0 Å². The second-order valence-corrected chi connectivity index (χ2v) is 7.02. The third kappa shape index (κ3) is 6.96. The molecule has 0 N–H and O–H groups in total. The van der Waals surface area contributed by atoms with Crippen molar-refractivity contribution in [1.82, 2.24) is 4.90 Å². The maximum Gasteiger partial charge on any atom is 0.410 e. The van der Waals surface area contributed by atoms with Crippen LogP contribution in [0.3, 0.4) is 0 Å². The molecule has 0 aromatic carbocycles. The molecule has 1 aliphatic carbocycles. The zero-order chi connectivity index (χ0) is 16.8. The molecule has 0 aliphatic heterocycles. The third-order valence-electron chi connectivity index (χ3n) is 3.83. The molecule has 1 amide bonds. The average Bonchev–Trinajstić information content (AvgIpc) is 2.44. The van der Waals surface area contributed by atoms with Crippen molar-refractivity contribution in [2.24, 2.45) is 11.8 Å². The van der Waals surface area contributed by atoms with E-state index in [9.17, 15) is 9.59 Å². The Morgan fingerprint density at radius 3 is 2.27 bits per heavy atom. The van der Waals surface area contributed by atoms with Crippen LogP contribution in [0.4, 0.5) is 4.79 Å². The van der Waals surface area contributed by atoms with E-state index in [1.54, 1.807) is 11.9 Å². The molecule has 5 nitrogen and oxygen atoms in total. The molecular weight excluding hydrogens is 282 g/mol. The van der Waals surface area contributed by atoms with Gasteiger partial charge >= 0.3 is 12.1 Å². The molecule has 0 spiro atoms. The molecule has 0 saturated heterocycles. The van der Waals surface area contributed by atoms with E-state index in [0.717, 1.165) is 32.2 Å². The Hall–Kier alpha value is -1.52. The average molecular weight is 311 g/mol. The van der Waals surface area contributed by atoms with E-state index in [-0.39, 0.29) is 12.1 Å². The number of hydrogen-bond acceptors (Lipinski definition) is 4. The van der Waals surface area contributed by atoms with Gasteiger partial charge in [-0.2, -0.15) is 0 Å². The summed E-state index contributed by atoms with van der Waals surface area (Å²) in [6.07, 6.45) is 7.39. The van der Waals surface area contributed by atoms with Crippen molar-refractivity contribution < 1.29 is 19.1 Å². The predicted octanol–water partition coefficient (Wildman–Crippen LogP) is 3.39. The van der Waals surface area contributed by atoms with E-state index < -0.39 is 5.60 Å². The minimum atomic E-state index is -0.457. The van der Waals surface area contributed by atoms with Gasteiger partial charge in [-0.05, 0) is 58.3 Å². The van der Waals surface area contributed by atoms with Gasteiger partial charge in [0.05, 0.1) is 7.11 Å². The number of hydrogen-bond donors (Lipinski definition) is 0. The Bertz CT molecular complexity index is 403. The second-order valence-electron chi connectivity index (χ2n) is 7.02. The number of carbonyl (C=O) groups is 2. The van der Waals surface area contributed by atoms with Crippen LogP contribution in [0.5, 0.6) is 0 Å². The molecule has 1 rings (SSSR count). The van der Waals surface area contributed by atoms with Crippen LogP contribution in [-0.4, -0.2) is 43.3 Å². The molecule has 1 fully saturated rings. The number of carbonyl (C=O) groups excluding carboxylic acids is 2. The minimum absolute atomic E-state index is 0.264. The molecule has 0 atom stereocenters. The van der Waals surface area contributed by atoms with Gasteiger partial charge in [-0.3, -0.25) is 0 Å². The van der Waals surface area contributed by atoms with Crippen LogP contribution >= 0.6 is 0 Å². The second kappa shape index (κ2) is 8.20. The van der Waals surface area contributed by atoms with Crippen molar-refractivity contribution in [1.29, 1.82) is 0 Å². The lowest BCUT2D eigenvalue weighted by Gasteiger charge is -2.31. The van der Waals surface area contributed by atoms with Gasteiger partial charge in [-0.25, -0.2) is 9.59 Å². The van der Waals surface area contributed by atoms with Crippen LogP contribution in [0.2, 0.25) is 0 Å². The van der Waals surface area contributed by atoms with Gasteiger partial charge in [0.2, 0.25) is 0 Å². The molecule has 0 heterocycles. The van der Waals surface area contributed by atoms with E-state index in [2.05, 4.69) is 4.74 Å². The van der Waals surface area contributed by atoms with Crippen molar-refractivity contribution in [2.75, 3.05) is 20.7 Å². The topological polar surface area (TPSA) is 55.8 Å². The summed E-state index contributed by atoms with van der Waals surface area (Å²) >= 11 is 0. The van der Waals surface area contributed by atoms with Crippen LogP contribution in [0.1, 0.15) is 46.5 Å². The van der Waals surface area contributed by atoms with E-state index in [1.165, 1.54) is 13.2 Å². The summed E-state index contributed by atoms with van der Waals surface area (Å²) in [4.78, 5) is 24.7. The number of methoxy groups -OCH3 is 1. The quantitative estimate of drug-likeness (QED) is 0.590. The van der Waals surface area contributed by atoms with E-state index >= 15 is 0 Å². The van der Waals surface area contributed by atoms with Gasteiger partial charge < -0.3 is 14.4 Å². The van der Waals surface area contributed by atoms with Crippen LogP contribution < -0.4 is 0 Å². The summed E-state index contributed by atoms with van der Waals surface area (Å²) < 4.78 is 9.96. The predicted molar refractivity (Wildman–Crippen MR) is 85.5 cm³/mol. The molecule has 22 heavy (non-hydrogen) atoms. The summed E-state index contributed by atoms with van der Waals surface area (Å²) in [6, 6.07) is 0. The van der Waals surface area contributed by atoms with E-state index in [0.29, 0.717) is 11.8 Å². The number of ether oxygens (including phenoxy) is 2. The van der Waals surface area contributed by atoms with Crippen LogP contribution in [0, 0.1) is 11.8 Å². The third-order valence-corrected chi connectivity index (χ3v) is 3.83. The summed E-state index contributed by atoms with van der Waals surface area (Å²) in [6.45, 7) is 6.34. The van der Waals surface area contributed by atoms with Crippen molar-refractivity contribution >= 4 is 12.1 Å². The molecule has 0 aromatic rings. The fraction of sp³-hybridized carbons (Fsp3) is 0.765. The van der Waals surface area contributed by atoms with E-state index in [1.807, 2.05) is 26.8 Å². The zero-order valence-electron chi connectivity index (χ0n) is 14.4. The smallest absolute Gasteiger partial charge is 0.410 e. The number of amides is 1. The highest BCUT2D eigenvalue weighted by Gasteiger charge is 2.25. The Morgan fingerprint density at radius 2 is 1.77 bits per heavy atom. The Labute approximate surface area is 133 Å². The summed E-state index contributed by atoms with van der Waals surface area (Å²) in [5.41, 5.74) is -0.457. The van der Waals surface area contributed by atoms with Crippen molar-refractivity contribution in [3.05, 3.63) is 12.2 Å².